The number of amides is 1. The smallest absolute Gasteiger partial charge is 0.223 e. The maximum Gasteiger partial charge on any atom is 0.223 e. The van der Waals surface area contributed by atoms with Gasteiger partial charge in [-0.15, -0.1) is 0 Å². The first-order valence-electron chi connectivity index (χ1n) is 7.72. The summed E-state index contributed by atoms with van der Waals surface area (Å²) in [5.74, 6) is 0.299. The highest BCUT2D eigenvalue weighted by atomic mass is 16.2. The van der Waals surface area contributed by atoms with Gasteiger partial charge in [0.1, 0.15) is 0 Å². The van der Waals surface area contributed by atoms with Gasteiger partial charge in [-0.1, -0.05) is 18.2 Å². The summed E-state index contributed by atoms with van der Waals surface area (Å²) >= 11 is 0. The summed E-state index contributed by atoms with van der Waals surface area (Å²) in [5.41, 5.74) is 10.3. The minimum Gasteiger partial charge on any atom is -0.331 e. The lowest BCUT2D eigenvalue weighted by atomic mass is 9.89. The molecule has 2 unspecified atom stereocenters. The first-order valence-corrected chi connectivity index (χ1v) is 7.72. The molecule has 3 heteroatoms. The predicted molar refractivity (Wildman–Crippen MR) is 80.4 cm³/mol. The van der Waals surface area contributed by atoms with Crippen molar-refractivity contribution in [2.75, 3.05) is 0 Å². The lowest BCUT2D eigenvalue weighted by Gasteiger charge is -2.36. The van der Waals surface area contributed by atoms with E-state index < -0.39 is 0 Å². The molecule has 0 bridgehead atoms. The molecule has 0 spiro atoms. The topological polar surface area (TPSA) is 46.3 Å². The predicted octanol–water partition coefficient (Wildman–Crippen LogP) is 2.85. The number of carbonyl (C=O) groups excluding carboxylic acids is 1. The molecule has 2 fully saturated rings. The van der Waals surface area contributed by atoms with Crippen LogP contribution in [0.3, 0.4) is 0 Å². The number of hydrogen-bond donors (Lipinski definition) is 1. The molecule has 1 aromatic rings. The minimum absolute atomic E-state index is 0.0573. The first kappa shape index (κ1) is 13.6. The van der Waals surface area contributed by atoms with Gasteiger partial charge < -0.3 is 10.6 Å². The Morgan fingerprint density at radius 1 is 1.15 bits per heavy atom. The molecule has 1 saturated heterocycles. The molecule has 0 aromatic heterocycles. The number of nitrogens with zero attached hydrogens (tertiary/aromatic N) is 1. The average Bonchev–Trinajstić information content (AvgIpc) is 3.20. The summed E-state index contributed by atoms with van der Waals surface area (Å²) in [4.78, 5) is 14.6. The third kappa shape index (κ3) is 2.35. The molecule has 1 aromatic carbocycles. The molecule has 1 aliphatic heterocycles. The van der Waals surface area contributed by atoms with E-state index in [1.165, 1.54) is 16.7 Å². The highest BCUT2D eigenvalue weighted by molar-refractivity contribution is 5.78. The van der Waals surface area contributed by atoms with E-state index in [-0.39, 0.29) is 12.1 Å². The molecule has 0 radical (unpaired) electrons. The van der Waals surface area contributed by atoms with Crippen molar-refractivity contribution in [3.8, 4) is 0 Å². The van der Waals surface area contributed by atoms with Crippen molar-refractivity contribution in [3.05, 3.63) is 34.9 Å². The second-order valence-corrected chi connectivity index (χ2v) is 6.34. The van der Waals surface area contributed by atoms with Crippen LogP contribution in [0.5, 0.6) is 0 Å². The van der Waals surface area contributed by atoms with Crippen LogP contribution in [-0.4, -0.2) is 22.9 Å². The number of rotatable bonds is 2. The molecule has 1 amide bonds. The van der Waals surface area contributed by atoms with E-state index in [0.29, 0.717) is 18.4 Å². The van der Waals surface area contributed by atoms with Crippen LogP contribution >= 0.6 is 0 Å². The zero-order valence-corrected chi connectivity index (χ0v) is 12.4. The quantitative estimate of drug-likeness (QED) is 0.900. The van der Waals surface area contributed by atoms with Crippen molar-refractivity contribution < 1.29 is 4.79 Å². The van der Waals surface area contributed by atoms with Crippen molar-refractivity contribution in [2.24, 2.45) is 5.73 Å². The van der Waals surface area contributed by atoms with Crippen LogP contribution in [0.2, 0.25) is 0 Å². The zero-order valence-electron chi connectivity index (χ0n) is 12.4. The van der Waals surface area contributed by atoms with Crippen LogP contribution in [0, 0.1) is 13.8 Å². The largest absolute Gasteiger partial charge is 0.331 e. The molecule has 1 heterocycles. The van der Waals surface area contributed by atoms with Crippen LogP contribution in [0.25, 0.3) is 0 Å². The second kappa shape index (κ2) is 5.21. The molecule has 108 valence electrons. The fourth-order valence-corrected chi connectivity index (χ4v) is 3.57. The standard InChI is InChI=1S/C17H24N2O/c1-11-5-3-6-12(2)16(11)17-14(18)7-4-8-15(20)19(17)13-9-10-13/h3,5-6,13-14,17H,4,7-10,18H2,1-2H3. The Balaban J connectivity index is 2.07. The minimum atomic E-state index is 0.0573. The van der Waals surface area contributed by atoms with E-state index in [4.69, 9.17) is 5.73 Å². The molecule has 2 atom stereocenters. The monoisotopic (exact) mass is 272 g/mol. The normalized spacial score (nSPS) is 27.6. The van der Waals surface area contributed by atoms with Crippen molar-refractivity contribution >= 4 is 5.91 Å². The fourth-order valence-electron chi connectivity index (χ4n) is 3.57. The van der Waals surface area contributed by atoms with E-state index in [1.54, 1.807) is 0 Å². The Hall–Kier alpha value is -1.35. The number of nitrogens with two attached hydrogens (primary N) is 1. The van der Waals surface area contributed by atoms with E-state index in [2.05, 4.69) is 36.9 Å². The molecule has 3 rings (SSSR count). The lowest BCUT2D eigenvalue weighted by Crippen LogP contribution is -2.44. The Bertz CT molecular complexity index is 501. The van der Waals surface area contributed by atoms with Gasteiger partial charge in [0.15, 0.2) is 0 Å². The number of carbonyl (C=O) groups is 1. The van der Waals surface area contributed by atoms with Gasteiger partial charge in [0.25, 0.3) is 0 Å². The van der Waals surface area contributed by atoms with Gasteiger partial charge >= 0.3 is 0 Å². The van der Waals surface area contributed by atoms with Crippen LogP contribution in [0.4, 0.5) is 0 Å². The Morgan fingerprint density at radius 3 is 2.40 bits per heavy atom. The van der Waals surface area contributed by atoms with Crippen LogP contribution in [-0.2, 0) is 4.79 Å². The van der Waals surface area contributed by atoms with Crippen LogP contribution < -0.4 is 5.73 Å². The molecular weight excluding hydrogens is 248 g/mol. The number of hydrogen-bond acceptors (Lipinski definition) is 2. The van der Waals surface area contributed by atoms with Crippen LogP contribution in [0.1, 0.15) is 54.8 Å². The van der Waals surface area contributed by atoms with Gasteiger partial charge in [-0.05, 0) is 56.2 Å². The third-order valence-electron chi connectivity index (χ3n) is 4.70. The van der Waals surface area contributed by atoms with Gasteiger partial charge in [0.2, 0.25) is 5.91 Å². The maximum atomic E-state index is 12.5. The summed E-state index contributed by atoms with van der Waals surface area (Å²) in [7, 11) is 0. The van der Waals surface area contributed by atoms with E-state index in [1.807, 2.05) is 0 Å². The fraction of sp³-hybridized carbons (Fsp3) is 0.588. The van der Waals surface area contributed by atoms with Gasteiger partial charge in [0, 0.05) is 18.5 Å². The number of likely N-dealkylation sites (tertiary alicyclic amines) is 1. The first-order chi connectivity index (χ1) is 9.59. The molecule has 20 heavy (non-hydrogen) atoms. The zero-order chi connectivity index (χ0) is 14.3. The summed E-state index contributed by atoms with van der Waals surface area (Å²) < 4.78 is 0. The third-order valence-corrected chi connectivity index (χ3v) is 4.70. The van der Waals surface area contributed by atoms with E-state index in [9.17, 15) is 4.79 Å². The molecule has 2 aliphatic rings. The highest BCUT2D eigenvalue weighted by Gasteiger charge is 2.42. The molecule has 1 aliphatic carbocycles. The van der Waals surface area contributed by atoms with Crippen molar-refractivity contribution in [1.82, 2.24) is 4.90 Å². The summed E-state index contributed by atoms with van der Waals surface area (Å²) in [6.45, 7) is 4.27. The SMILES string of the molecule is Cc1cccc(C)c1C1C(N)CCCC(=O)N1C1CC1. The summed E-state index contributed by atoms with van der Waals surface area (Å²) in [6.07, 6.45) is 4.80. The molecular formula is C17H24N2O. The Labute approximate surface area is 121 Å². The molecule has 3 nitrogen and oxygen atoms in total. The summed E-state index contributed by atoms with van der Waals surface area (Å²) in [5, 5.41) is 0. The Kier molecular flexibility index (Phi) is 3.55. The van der Waals surface area contributed by atoms with Gasteiger partial charge in [-0.25, -0.2) is 0 Å². The number of benzene rings is 1. The highest BCUT2D eigenvalue weighted by Crippen LogP contribution is 2.41. The number of aryl methyl sites for hydroxylation is 2. The lowest BCUT2D eigenvalue weighted by molar-refractivity contribution is -0.133. The van der Waals surface area contributed by atoms with E-state index in [0.717, 1.165) is 25.7 Å². The molecule has 1 saturated carbocycles. The van der Waals surface area contributed by atoms with Crippen molar-refractivity contribution in [3.63, 3.8) is 0 Å². The average molecular weight is 272 g/mol. The van der Waals surface area contributed by atoms with Gasteiger partial charge in [-0.2, -0.15) is 0 Å². The van der Waals surface area contributed by atoms with Crippen LogP contribution in [0.15, 0.2) is 18.2 Å². The Morgan fingerprint density at radius 2 is 1.80 bits per heavy atom. The van der Waals surface area contributed by atoms with E-state index >= 15 is 0 Å². The maximum absolute atomic E-state index is 12.5. The van der Waals surface area contributed by atoms with Gasteiger partial charge in [-0.3, -0.25) is 4.79 Å². The van der Waals surface area contributed by atoms with Gasteiger partial charge in [0.05, 0.1) is 6.04 Å². The second-order valence-electron chi connectivity index (χ2n) is 6.34. The van der Waals surface area contributed by atoms with Crippen molar-refractivity contribution in [1.29, 1.82) is 0 Å². The van der Waals surface area contributed by atoms with Crippen molar-refractivity contribution in [2.45, 2.75) is 64.1 Å². The summed E-state index contributed by atoms with van der Waals surface area (Å²) in [6, 6.07) is 6.90. The molecule has 2 N–H and O–H groups in total.